The molecule has 0 saturated heterocycles. The molecule has 0 aliphatic heterocycles. The van der Waals surface area contributed by atoms with Gasteiger partial charge in [0.1, 0.15) is 4.99 Å². The summed E-state index contributed by atoms with van der Waals surface area (Å²) in [6.45, 7) is 2.37. The van der Waals surface area contributed by atoms with E-state index >= 15 is 0 Å². The van der Waals surface area contributed by atoms with Crippen LogP contribution in [0.2, 0.25) is 0 Å². The molecule has 0 amide bonds. The van der Waals surface area contributed by atoms with Crippen LogP contribution in [0.3, 0.4) is 0 Å². The summed E-state index contributed by atoms with van der Waals surface area (Å²) in [7, 11) is 0. The third-order valence-electron chi connectivity index (χ3n) is 2.73. The highest BCUT2D eigenvalue weighted by atomic mass is 32.1. The lowest BCUT2D eigenvalue weighted by atomic mass is 10.1. The van der Waals surface area contributed by atoms with Crippen LogP contribution in [-0.4, -0.2) is 9.97 Å². The highest BCUT2D eigenvalue weighted by molar-refractivity contribution is 7.80. The van der Waals surface area contributed by atoms with Crippen LogP contribution in [0.4, 0.5) is 18.9 Å². The fourth-order valence-corrected chi connectivity index (χ4v) is 2.68. The predicted molar refractivity (Wildman–Crippen MR) is 81.5 cm³/mol. The van der Waals surface area contributed by atoms with Crippen molar-refractivity contribution >= 4 is 34.2 Å². The first-order valence-corrected chi connectivity index (χ1v) is 7.16. The summed E-state index contributed by atoms with van der Waals surface area (Å²) in [6, 6.07) is 3.66. The molecular weight excluding hydrogens is 319 g/mol. The van der Waals surface area contributed by atoms with Gasteiger partial charge in [0.05, 0.1) is 17.1 Å². The number of nitrogens with one attached hydrogen (secondary N) is 1. The Kier molecular flexibility index (Phi) is 4.48. The Morgan fingerprint density at radius 2 is 2.14 bits per heavy atom. The number of aryl methyl sites for hydroxylation is 1. The first-order chi connectivity index (χ1) is 9.77. The van der Waals surface area contributed by atoms with Crippen molar-refractivity contribution < 1.29 is 13.2 Å². The monoisotopic (exact) mass is 331 g/mol. The average Bonchev–Trinajstić information content (AvgIpc) is 2.80. The lowest BCUT2D eigenvalue weighted by Crippen LogP contribution is -2.18. The fraction of sp³-hybridized carbons (Fsp3) is 0.231. The van der Waals surface area contributed by atoms with Gasteiger partial charge in [0.2, 0.25) is 0 Å². The number of nitrogens with zero attached hydrogens (tertiary/aromatic N) is 1. The number of aromatic nitrogens is 1. The van der Waals surface area contributed by atoms with Crippen molar-refractivity contribution in [2.75, 3.05) is 5.32 Å². The number of rotatable bonds is 4. The number of hydrogen-bond donors (Lipinski definition) is 2. The minimum Gasteiger partial charge on any atom is -0.389 e. The lowest BCUT2D eigenvalue weighted by Gasteiger charge is -2.14. The molecule has 3 N–H and O–H groups in total. The summed E-state index contributed by atoms with van der Waals surface area (Å²) in [5, 5.41) is 3.97. The molecule has 8 heteroatoms. The normalized spacial score (nSPS) is 11.4. The van der Waals surface area contributed by atoms with Gasteiger partial charge in [0, 0.05) is 22.3 Å². The Balaban J connectivity index is 2.22. The van der Waals surface area contributed by atoms with Crippen LogP contribution >= 0.6 is 23.6 Å². The molecule has 0 atom stereocenters. The number of benzene rings is 1. The Labute approximate surface area is 129 Å². The van der Waals surface area contributed by atoms with Crippen LogP contribution in [0.1, 0.15) is 21.0 Å². The van der Waals surface area contributed by atoms with Crippen molar-refractivity contribution in [3.05, 3.63) is 45.4 Å². The summed E-state index contributed by atoms with van der Waals surface area (Å²) >= 11 is 6.22. The van der Waals surface area contributed by atoms with E-state index in [9.17, 15) is 13.2 Å². The average molecular weight is 331 g/mol. The number of nitrogens with two attached hydrogens (primary N) is 1. The van der Waals surface area contributed by atoms with Gasteiger partial charge in [-0.05, 0) is 25.1 Å². The highest BCUT2D eigenvalue weighted by Crippen LogP contribution is 2.33. The minimum atomic E-state index is -4.48. The maximum absolute atomic E-state index is 12.9. The van der Waals surface area contributed by atoms with Crippen molar-refractivity contribution in [3.63, 3.8) is 0 Å². The fourth-order valence-electron chi connectivity index (χ4n) is 1.78. The molecule has 2 rings (SSSR count). The zero-order chi connectivity index (χ0) is 15.6. The Hall–Kier alpha value is -1.67. The molecule has 3 nitrogen and oxygen atoms in total. The van der Waals surface area contributed by atoms with Gasteiger partial charge in [0.25, 0.3) is 0 Å². The molecular formula is C13H12F3N3S2. The second-order valence-electron chi connectivity index (χ2n) is 4.32. The quantitative estimate of drug-likeness (QED) is 0.839. The molecule has 0 spiro atoms. The largest absolute Gasteiger partial charge is 0.417 e. The molecule has 1 heterocycles. The molecule has 0 aliphatic carbocycles. The topological polar surface area (TPSA) is 50.9 Å². The number of thiazole rings is 1. The Morgan fingerprint density at radius 1 is 1.43 bits per heavy atom. The number of thiocarbonyl (C=S) groups is 1. The zero-order valence-electron chi connectivity index (χ0n) is 11.0. The van der Waals surface area contributed by atoms with Crippen LogP contribution in [0.15, 0.2) is 24.4 Å². The van der Waals surface area contributed by atoms with E-state index in [1.54, 1.807) is 6.20 Å². The van der Waals surface area contributed by atoms with Crippen molar-refractivity contribution in [3.8, 4) is 0 Å². The van der Waals surface area contributed by atoms with Crippen LogP contribution in [0, 0.1) is 6.92 Å². The maximum Gasteiger partial charge on any atom is 0.417 e. The van der Waals surface area contributed by atoms with Gasteiger partial charge in [-0.1, -0.05) is 12.2 Å². The third kappa shape index (κ3) is 3.92. The molecule has 0 fully saturated rings. The SMILES string of the molecule is Cc1ncc(CNc2ccc(C(F)(F)F)c(C(N)=S)c2)s1. The summed E-state index contributed by atoms with van der Waals surface area (Å²) in [5.41, 5.74) is 4.91. The van der Waals surface area contributed by atoms with Gasteiger partial charge in [-0.15, -0.1) is 11.3 Å². The minimum absolute atomic E-state index is 0.178. The number of anilines is 1. The van der Waals surface area contributed by atoms with Gasteiger partial charge < -0.3 is 11.1 Å². The molecule has 0 unspecified atom stereocenters. The van der Waals surface area contributed by atoms with E-state index in [4.69, 9.17) is 18.0 Å². The first-order valence-electron chi connectivity index (χ1n) is 5.93. The van der Waals surface area contributed by atoms with E-state index in [-0.39, 0.29) is 10.6 Å². The number of halogens is 3. The second kappa shape index (κ2) is 5.98. The smallest absolute Gasteiger partial charge is 0.389 e. The van der Waals surface area contributed by atoms with Crippen molar-refractivity contribution in [1.29, 1.82) is 0 Å². The summed E-state index contributed by atoms with van der Waals surface area (Å²) in [6.07, 6.45) is -2.75. The van der Waals surface area contributed by atoms with E-state index in [1.165, 1.54) is 23.5 Å². The highest BCUT2D eigenvalue weighted by Gasteiger charge is 2.34. The van der Waals surface area contributed by atoms with Crippen molar-refractivity contribution in [2.45, 2.75) is 19.6 Å². The second-order valence-corrected chi connectivity index (χ2v) is 6.08. The molecule has 2 aromatic rings. The van der Waals surface area contributed by atoms with Crippen molar-refractivity contribution in [2.24, 2.45) is 5.73 Å². The third-order valence-corrected chi connectivity index (χ3v) is 3.86. The molecule has 0 saturated carbocycles. The molecule has 1 aromatic heterocycles. The van der Waals surface area contributed by atoms with E-state index in [2.05, 4.69) is 10.3 Å². The molecule has 112 valence electrons. The van der Waals surface area contributed by atoms with E-state index < -0.39 is 11.7 Å². The number of alkyl halides is 3. The van der Waals surface area contributed by atoms with Crippen LogP contribution in [0.5, 0.6) is 0 Å². The van der Waals surface area contributed by atoms with Gasteiger partial charge >= 0.3 is 6.18 Å². The lowest BCUT2D eigenvalue weighted by molar-refractivity contribution is -0.137. The molecule has 0 bridgehead atoms. The standard InChI is InChI=1S/C13H12F3N3S2/c1-7-18-5-9(21-7)6-19-8-2-3-11(13(14,15)16)10(4-8)12(17)20/h2-5,19H,6H2,1H3,(H2,17,20). The summed E-state index contributed by atoms with van der Waals surface area (Å²) < 4.78 is 38.6. The van der Waals surface area contributed by atoms with Crippen LogP contribution in [0.25, 0.3) is 0 Å². The van der Waals surface area contributed by atoms with E-state index in [0.717, 1.165) is 16.0 Å². The molecule has 1 aromatic carbocycles. The van der Waals surface area contributed by atoms with Crippen molar-refractivity contribution in [1.82, 2.24) is 4.98 Å². The molecule has 21 heavy (non-hydrogen) atoms. The summed E-state index contributed by atoms with van der Waals surface area (Å²) in [5.74, 6) is 0. The van der Waals surface area contributed by atoms with Gasteiger partial charge in [-0.25, -0.2) is 4.98 Å². The first kappa shape index (κ1) is 15.7. The van der Waals surface area contributed by atoms with Gasteiger partial charge in [0.15, 0.2) is 0 Å². The predicted octanol–water partition coefficient (Wildman–Crippen LogP) is 3.72. The van der Waals surface area contributed by atoms with E-state index in [0.29, 0.717) is 12.2 Å². The molecule has 0 aliphatic rings. The van der Waals surface area contributed by atoms with Gasteiger partial charge in [-0.2, -0.15) is 13.2 Å². The molecule has 0 radical (unpaired) electrons. The maximum atomic E-state index is 12.9. The van der Waals surface area contributed by atoms with Gasteiger partial charge in [-0.3, -0.25) is 0 Å². The van der Waals surface area contributed by atoms with Crippen LogP contribution in [-0.2, 0) is 12.7 Å². The van der Waals surface area contributed by atoms with Crippen LogP contribution < -0.4 is 11.1 Å². The zero-order valence-corrected chi connectivity index (χ0v) is 12.6. The van der Waals surface area contributed by atoms with E-state index in [1.807, 2.05) is 6.92 Å². The Morgan fingerprint density at radius 3 is 2.67 bits per heavy atom. The number of hydrogen-bond acceptors (Lipinski definition) is 4. The Bertz CT molecular complexity index is 665. The summed E-state index contributed by atoms with van der Waals surface area (Å²) in [4.78, 5) is 4.82.